The molecular weight excluding hydrogens is 430 g/mol. The van der Waals surface area contributed by atoms with Crippen molar-refractivity contribution < 1.29 is 9.53 Å². The fourth-order valence-electron chi connectivity index (χ4n) is 7.56. The third kappa shape index (κ3) is 7.02. The summed E-state index contributed by atoms with van der Waals surface area (Å²) in [5.41, 5.74) is 3.65. The van der Waals surface area contributed by atoms with Gasteiger partial charge in [-0.25, -0.2) is 0 Å². The lowest BCUT2D eigenvalue weighted by Gasteiger charge is -2.58. The third-order valence-corrected chi connectivity index (χ3v) is 9.78. The number of unbranched alkanes of at least 4 members (excludes halogenated alkanes) is 4. The molecule has 0 spiro atoms. The van der Waals surface area contributed by atoms with Crippen LogP contribution in [-0.2, 0) is 9.53 Å². The molecule has 0 unspecified atom stereocenters. The average molecular weight is 486 g/mol. The second kappa shape index (κ2) is 12.9. The van der Waals surface area contributed by atoms with Gasteiger partial charge in [0, 0.05) is 5.41 Å². The van der Waals surface area contributed by atoms with Gasteiger partial charge in [0.1, 0.15) is 0 Å². The molecular formula is C32H55NO2. The fraction of sp³-hybridized carbons (Fsp3) is 0.844. The number of allylic oxidation sites excluding steroid dienone is 4. The van der Waals surface area contributed by atoms with Crippen molar-refractivity contribution in [2.24, 2.45) is 28.6 Å². The van der Waals surface area contributed by atoms with Crippen molar-refractivity contribution >= 4 is 5.97 Å². The molecule has 3 nitrogen and oxygen atoms in total. The van der Waals surface area contributed by atoms with Crippen LogP contribution in [0.15, 0.2) is 23.3 Å². The van der Waals surface area contributed by atoms with Gasteiger partial charge in [0.15, 0.2) is 0 Å². The first kappa shape index (κ1) is 28.5. The van der Waals surface area contributed by atoms with Gasteiger partial charge in [-0.15, -0.1) is 0 Å². The fourth-order valence-corrected chi connectivity index (χ4v) is 7.56. The van der Waals surface area contributed by atoms with Crippen LogP contribution in [0.5, 0.6) is 0 Å². The van der Waals surface area contributed by atoms with Crippen molar-refractivity contribution in [3.05, 3.63) is 23.3 Å². The summed E-state index contributed by atoms with van der Waals surface area (Å²) in [6.45, 7) is 17.2. The first-order valence-electron chi connectivity index (χ1n) is 15.0. The highest BCUT2D eigenvalue weighted by atomic mass is 16.5. The molecule has 4 atom stereocenters. The van der Waals surface area contributed by atoms with Crippen molar-refractivity contribution in [1.82, 2.24) is 4.90 Å². The van der Waals surface area contributed by atoms with Gasteiger partial charge in [-0.2, -0.15) is 0 Å². The predicted octanol–water partition coefficient (Wildman–Crippen LogP) is 8.35. The molecule has 1 saturated carbocycles. The van der Waals surface area contributed by atoms with Crippen LogP contribution in [0.3, 0.4) is 0 Å². The van der Waals surface area contributed by atoms with E-state index in [0.29, 0.717) is 36.3 Å². The van der Waals surface area contributed by atoms with Crippen molar-refractivity contribution in [3.63, 3.8) is 0 Å². The van der Waals surface area contributed by atoms with Gasteiger partial charge in [-0.1, -0.05) is 91.4 Å². The molecule has 3 heteroatoms. The van der Waals surface area contributed by atoms with Crippen LogP contribution >= 0.6 is 0 Å². The number of carbonyl (C=O) groups excluding carboxylic acids is 1. The van der Waals surface area contributed by atoms with Crippen molar-refractivity contribution in [1.29, 1.82) is 0 Å². The highest BCUT2D eigenvalue weighted by Crippen LogP contribution is 2.62. The zero-order chi connectivity index (χ0) is 25.5. The Kier molecular flexibility index (Phi) is 10.5. The number of hydrogen-bond donors (Lipinski definition) is 0. The molecule has 0 heterocycles. The molecule has 0 saturated heterocycles. The van der Waals surface area contributed by atoms with Crippen molar-refractivity contribution in [3.8, 4) is 0 Å². The Hall–Kier alpha value is -1.09. The number of nitrogens with zero attached hydrogens (tertiary/aromatic N) is 1. The zero-order valence-corrected chi connectivity index (χ0v) is 24.0. The van der Waals surface area contributed by atoms with Crippen LogP contribution < -0.4 is 0 Å². The van der Waals surface area contributed by atoms with Crippen LogP contribution in [0.25, 0.3) is 0 Å². The molecule has 0 aliphatic heterocycles. The minimum atomic E-state index is -0.0132. The number of fused-ring (bicyclic) bond motifs is 3. The van der Waals surface area contributed by atoms with E-state index < -0.39 is 0 Å². The van der Waals surface area contributed by atoms with E-state index in [4.69, 9.17) is 4.74 Å². The number of rotatable bonds is 13. The molecule has 3 aliphatic rings. The van der Waals surface area contributed by atoms with Crippen LogP contribution in [0.2, 0.25) is 0 Å². The van der Waals surface area contributed by atoms with Gasteiger partial charge >= 0.3 is 5.97 Å². The van der Waals surface area contributed by atoms with Gasteiger partial charge in [0.2, 0.25) is 0 Å². The standard InChI is InChI=1S/C32H55NO2/c1-7-9-11-20-33(21-12-10-8-2)23-30(34)35-24-31(5)18-13-19-32(6)28-16-14-26(25(3)4)22-27(28)15-17-29(31)32/h15,22,25,28-29H,7-14,16-21,23-24H2,1-6H3/t28-,29+,31+,32+/m0/s1. The van der Waals surface area contributed by atoms with Crippen molar-refractivity contribution in [2.75, 3.05) is 26.2 Å². The van der Waals surface area contributed by atoms with Crippen LogP contribution in [0.1, 0.15) is 119 Å². The second-order valence-electron chi connectivity index (χ2n) is 12.8. The third-order valence-electron chi connectivity index (χ3n) is 9.78. The minimum Gasteiger partial charge on any atom is -0.464 e. The summed E-state index contributed by atoms with van der Waals surface area (Å²) in [6, 6.07) is 0. The Morgan fingerprint density at radius 1 is 1.09 bits per heavy atom. The summed E-state index contributed by atoms with van der Waals surface area (Å²) in [5, 5.41) is 0. The average Bonchev–Trinajstić information content (AvgIpc) is 2.82. The van der Waals surface area contributed by atoms with E-state index in [1.165, 1.54) is 70.6 Å². The Labute approximate surface area is 217 Å². The number of esters is 1. The zero-order valence-electron chi connectivity index (χ0n) is 24.0. The first-order chi connectivity index (χ1) is 16.7. The van der Waals surface area contributed by atoms with Gasteiger partial charge < -0.3 is 4.74 Å². The molecule has 35 heavy (non-hydrogen) atoms. The first-order valence-corrected chi connectivity index (χ1v) is 15.0. The molecule has 3 rings (SSSR count). The molecule has 1 fully saturated rings. The molecule has 0 bridgehead atoms. The second-order valence-corrected chi connectivity index (χ2v) is 12.8. The summed E-state index contributed by atoms with van der Waals surface area (Å²) in [7, 11) is 0. The highest BCUT2D eigenvalue weighted by Gasteiger charge is 2.54. The molecule has 0 N–H and O–H groups in total. The highest BCUT2D eigenvalue weighted by molar-refractivity contribution is 5.71. The van der Waals surface area contributed by atoms with E-state index in [1.54, 1.807) is 11.1 Å². The number of ether oxygens (including phenoxy) is 1. The summed E-state index contributed by atoms with van der Waals surface area (Å²) >= 11 is 0. The minimum absolute atomic E-state index is 0.0132. The van der Waals surface area contributed by atoms with Gasteiger partial charge in [0.25, 0.3) is 0 Å². The van der Waals surface area contributed by atoms with E-state index in [0.717, 1.165) is 19.5 Å². The van der Waals surface area contributed by atoms with Gasteiger partial charge in [0.05, 0.1) is 13.2 Å². The van der Waals surface area contributed by atoms with E-state index in [2.05, 4.69) is 58.6 Å². The molecule has 0 aromatic rings. The Bertz CT molecular complexity index is 743. The maximum atomic E-state index is 13.0. The van der Waals surface area contributed by atoms with E-state index >= 15 is 0 Å². The Balaban J connectivity index is 1.63. The van der Waals surface area contributed by atoms with Crippen LogP contribution in [-0.4, -0.2) is 37.1 Å². The quantitative estimate of drug-likeness (QED) is 0.194. The lowest BCUT2D eigenvalue weighted by atomic mass is 9.47. The summed E-state index contributed by atoms with van der Waals surface area (Å²) in [6.07, 6.45) is 19.8. The Morgan fingerprint density at radius 3 is 2.40 bits per heavy atom. The van der Waals surface area contributed by atoms with E-state index in [1.807, 2.05) is 0 Å². The van der Waals surface area contributed by atoms with E-state index in [9.17, 15) is 4.79 Å². The van der Waals surface area contributed by atoms with Gasteiger partial charge in [-0.05, 0) is 86.8 Å². The SMILES string of the molecule is CCCCCN(CCCCC)CC(=O)OC[C@@]1(C)CCC[C@@]2(C)[C@@H]1CC=C1C=C(C(C)C)CC[C@@H]12. The molecule has 0 aromatic heterocycles. The van der Waals surface area contributed by atoms with Crippen LogP contribution in [0, 0.1) is 28.6 Å². The molecule has 0 radical (unpaired) electrons. The molecule has 200 valence electrons. The normalized spacial score (nSPS) is 30.5. The maximum absolute atomic E-state index is 13.0. The largest absolute Gasteiger partial charge is 0.464 e. The molecule has 0 amide bonds. The summed E-state index contributed by atoms with van der Waals surface area (Å²) < 4.78 is 6.09. The Morgan fingerprint density at radius 2 is 1.77 bits per heavy atom. The van der Waals surface area contributed by atoms with Crippen LogP contribution in [0.4, 0.5) is 0 Å². The number of hydrogen-bond acceptors (Lipinski definition) is 3. The van der Waals surface area contributed by atoms with E-state index in [-0.39, 0.29) is 11.4 Å². The lowest BCUT2D eigenvalue weighted by molar-refractivity contribution is -0.155. The molecule has 0 aromatic carbocycles. The monoisotopic (exact) mass is 485 g/mol. The maximum Gasteiger partial charge on any atom is 0.320 e. The number of carbonyl (C=O) groups is 1. The van der Waals surface area contributed by atoms with Gasteiger partial charge in [-0.3, -0.25) is 9.69 Å². The summed E-state index contributed by atoms with van der Waals surface area (Å²) in [4.78, 5) is 15.3. The smallest absolute Gasteiger partial charge is 0.320 e. The molecule has 3 aliphatic carbocycles. The summed E-state index contributed by atoms with van der Waals surface area (Å²) in [5.74, 6) is 1.92. The topological polar surface area (TPSA) is 29.5 Å². The predicted molar refractivity (Wildman–Crippen MR) is 148 cm³/mol. The lowest BCUT2D eigenvalue weighted by Crippen LogP contribution is -2.52. The van der Waals surface area contributed by atoms with Crippen molar-refractivity contribution in [2.45, 2.75) is 119 Å².